The van der Waals surface area contributed by atoms with E-state index in [1.807, 2.05) is 0 Å². The van der Waals surface area contributed by atoms with Crippen molar-refractivity contribution in [2.45, 2.75) is 12.4 Å². The Bertz CT molecular complexity index is 406. The molecule has 0 heterocycles. The number of halogens is 8. The van der Waals surface area contributed by atoms with E-state index in [0.29, 0.717) is 6.07 Å². The summed E-state index contributed by atoms with van der Waals surface area (Å²) in [6.45, 7) is 0. The van der Waals surface area contributed by atoms with E-state index in [1.165, 1.54) is 0 Å². The van der Waals surface area contributed by atoms with E-state index < -0.39 is 33.5 Å². The van der Waals surface area contributed by atoms with Crippen LogP contribution in [-0.2, 0) is 12.4 Å². The molecule has 0 saturated carbocycles. The van der Waals surface area contributed by atoms with Crippen molar-refractivity contribution >= 4 is 23.2 Å². The van der Waals surface area contributed by atoms with Crippen LogP contribution in [-0.4, -0.2) is 0 Å². The van der Waals surface area contributed by atoms with Crippen LogP contribution in [0.2, 0.25) is 10.0 Å². The Kier molecular flexibility index (Phi) is 3.36. The molecule has 0 bridgehead atoms. The van der Waals surface area contributed by atoms with Gasteiger partial charge in [-0.25, -0.2) is 0 Å². The van der Waals surface area contributed by atoms with E-state index >= 15 is 0 Å². The monoisotopic (exact) mass is 281 g/mol. The van der Waals surface area contributed by atoms with Gasteiger partial charge in [-0.05, 0) is 12.1 Å². The van der Waals surface area contributed by atoms with Crippen LogP contribution < -0.4 is 0 Å². The summed E-state index contributed by atoms with van der Waals surface area (Å²) in [6.07, 6.45) is -10.1. The van der Waals surface area contributed by atoms with Gasteiger partial charge in [0.1, 0.15) is 0 Å². The molecule has 1 radical (unpaired) electrons. The van der Waals surface area contributed by atoms with Crippen molar-refractivity contribution in [3.05, 3.63) is 33.3 Å². The summed E-state index contributed by atoms with van der Waals surface area (Å²) >= 11 is 10.2. The summed E-state index contributed by atoms with van der Waals surface area (Å²) in [4.78, 5) is 0. The molecule has 0 amide bonds. The lowest BCUT2D eigenvalue weighted by Crippen LogP contribution is -2.13. The van der Waals surface area contributed by atoms with Crippen LogP contribution in [0, 0.1) is 6.07 Å². The minimum Gasteiger partial charge on any atom is -0.166 e. The maximum atomic E-state index is 12.3. The van der Waals surface area contributed by atoms with Crippen LogP contribution in [0.25, 0.3) is 0 Å². The molecule has 0 aliphatic rings. The van der Waals surface area contributed by atoms with Gasteiger partial charge in [0.05, 0.1) is 21.2 Å². The van der Waals surface area contributed by atoms with Gasteiger partial charge in [-0.1, -0.05) is 23.2 Å². The molecule has 0 aromatic heterocycles. The number of hydrogen-bond donors (Lipinski definition) is 0. The van der Waals surface area contributed by atoms with Crippen LogP contribution in [0.1, 0.15) is 11.1 Å². The highest BCUT2D eigenvalue weighted by atomic mass is 35.5. The average Bonchev–Trinajstić information content (AvgIpc) is 1.97. The van der Waals surface area contributed by atoms with Crippen molar-refractivity contribution in [3.63, 3.8) is 0 Å². The molecule has 0 N–H and O–H groups in total. The Morgan fingerprint density at radius 1 is 0.938 bits per heavy atom. The maximum Gasteiger partial charge on any atom is 0.419 e. The van der Waals surface area contributed by atoms with Gasteiger partial charge in [0, 0.05) is 0 Å². The molecule has 1 aromatic rings. The fourth-order valence-electron chi connectivity index (χ4n) is 0.967. The molecular weight excluding hydrogens is 281 g/mol. The second-order valence-corrected chi connectivity index (χ2v) is 3.48. The Morgan fingerprint density at radius 3 is 1.81 bits per heavy atom. The van der Waals surface area contributed by atoms with E-state index in [9.17, 15) is 26.3 Å². The Hall–Kier alpha value is -0.620. The van der Waals surface area contributed by atoms with Crippen LogP contribution in [0.3, 0.4) is 0 Å². The molecule has 0 fully saturated rings. The lowest BCUT2D eigenvalue weighted by molar-refractivity contribution is -0.142. The molecule has 1 aromatic carbocycles. The van der Waals surface area contributed by atoms with Gasteiger partial charge in [0.15, 0.2) is 0 Å². The Morgan fingerprint density at radius 2 is 1.44 bits per heavy atom. The predicted molar refractivity (Wildman–Crippen MR) is 45.3 cm³/mol. The normalized spacial score (nSPS) is 13.0. The maximum absolute atomic E-state index is 12.3. The van der Waals surface area contributed by atoms with Crippen LogP contribution in [0.4, 0.5) is 26.3 Å². The van der Waals surface area contributed by atoms with E-state index in [4.69, 9.17) is 23.2 Å². The lowest BCUT2D eigenvalue weighted by atomic mass is 10.1. The summed E-state index contributed by atoms with van der Waals surface area (Å²) in [5, 5.41) is -2.42. The lowest BCUT2D eigenvalue weighted by Gasteiger charge is -2.15. The fraction of sp³-hybridized carbons (Fsp3) is 0.250. The average molecular weight is 282 g/mol. The second-order valence-electron chi connectivity index (χ2n) is 2.70. The van der Waals surface area contributed by atoms with Crippen molar-refractivity contribution in [2.24, 2.45) is 0 Å². The van der Waals surface area contributed by atoms with Crippen LogP contribution >= 0.6 is 23.2 Å². The highest BCUT2D eigenvalue weighted by Crippen LogP contribution is 2.44. The second kappa shape index (κ2) is 4.00. The molecule has 1 rings (SSSR count). The highest BCUT2D eigenvalue weighted by Gasteiger charge is 2.42. The van der Waals surface area contributed by atoms with Crippen molar-refractivity contribution in [2.75, 3.05) is 0 Å². The number of alkyl halides is 6. The topological polar surface area (TPSA) is 0 Å². The van der Waals surface area contributed by atoms with Crippen molar-refractivity contribution in [1.29, 1.82) is 0 Å². The third kappa shape index (κ3) is 2.55. The SMILES string of the molecule is FC(F)(F)c1[c]cc(Cl)c(C(F)(F)F)c1Cl. The molecule has 0 aliphatic heterocycles. The largest absolute Gasteiger partial charge is 0.419 e. The van der Waals surface area contributed by atoms with Crippen molar-refractivity contribution < 1.29 is 26.3 Å². The number of rotatable bonds is 0. The van der Waals surface area contributed by atoms with Gasteiger partial charge < -0.3 is 0 Å². The first-order chi connectivity index (χ1) is 7.05. The van der Waals surface area contributed by atoms with Gasteiger partial charge in [-0.3, -0.25) is 0 Å². The van der Waals surface area contributed by atoms with Gasteiger partial charge in [-0.15, -0.1) is 0 Å². The Labute approximate surface area is 95.8 Å². The third-order valence-corrected chi connectivity index (χ3v) is 2.26. The zero-order valence-corrected chi connectivity index (χ0v) is 8.61. The molecule has 0 saturated heterocycles. The summed E-state index contributed by atoms with van der Waals surface area (Å²) in [5.74, 6) is 0. The van der Waals surface area contributed by atoms with Gasteiger partial charge in [0.2, 0.25) is 0 Å². The predicted octanol–water partition coefficient (Wildman–Crippen LogP) is 4.83. The van der Waals surface area contributed by atoms with Gasteiger partial charge in [0.25, 0.3) is 0 Å². The zero-order chi connectivity index (χ0) is 12.7. The zero-order valence-electron chi connectivity index (χ0n) is 7.10. The first kappa shape index (κ1) is 13.4. The van der Waals surface area contributed by atoms with Gasteiger partial charge in [-0.2, -0.15) is 26.3 Å². The van der Waals surface area contributed by atoms with E-state index in [2.05, 4.69) is 0 Å². The number of hydrogen-bond acceptors (Lipinski definition) is 0. The third-order valence-electron chi connectivity index (χ3n) is 1.59. The van der Waals surface area contributed by atoms with E-state index in [-0.39, 0.29) is 0 Å². The van der Waals surface area contributed by atoms with Crippen LogP contribution in [0.15, 0.2) is 6.07 Å². The quantitative estimate of drug-likeness (QED) is 0.598. The number of benzene rings is 1. The molecule has 8 heteroatoms. The molecule has 0 nitrogen and oxygen atoms in total. The van der Waals surface area contributed by atoms with E-state index in [1.54, 1.807) is 6.07 Å². The molecule has 89 valence electrons. The van der Waals surface area contributed by atoms with Gasteiger partial charge >= 0.3 is 12.4 Å². The minimum atomic E-state index is -5.05. The fourth-order valence-corrected chi connectivity index (χ4v) is 1.64. The molecule has 16 heavy (non-hydrogen) atoms. The molecule has 0 atom stereocenters. The molecule has 0 aliphatic carbocycles. The van der Waals surface area contributed by atoms with Crippen LogP contribution in [0.5, 0.6) is 0 Å². The first-order valence-corrected chi connectivity index (χ1v) is 4.35. The summed E-state index contributed by atoms with van der Waals surface area (Å²) in [5.41, 5.74) is -3.40. The smallest absolute Gasteiger partial charge is 0.166 e. The summed E-state index contributed by atoms with van der Waals surface area (Å²) < 4.78 is 73.7. The van der Waals surface area contributed by atoms with E-state index in [0.717, 1.165) is 0 Å². The Balaban J connectivity index is 3.52. The molecule has 0 spiro atoms. The summed E-state index contributed by atoms with van der Waals surface area (Å²) in [6, 6.07) is 1.96. The summed E-state index contributed by atoms with van der Waals surface area (Å²) in [7, 11) is 0. The molecule has 0 unspecified atom stereocenters. The minimum absolute atomic E-state index is 0.388. The highest BCUT2D eigenvalue weighted by molar-refractivity contribution is 6.36. The van der Waals surface area contributed by atoms with Crippen molar-refractivity contribution in [3.8, 4) is 0 Å². The standard InChI is InChI=1S/C8HCl2F6/c9-4-2-1-3(7(11,12)13)6(10)5(4)8(14,15)16/h2H. The molecular formula is C8HCl2F6. The van der Waals surface area contributed by atoms with Crippen molar-refractivity contribution in [1.82, 2.24) is 0 Å². The first-order valence-electron chi connectivity index (χ1n) is 3.59.